The highest BCUT2D eigenvalue weighted by molar-refractivity contribution is 7.47. The summed E-state index contributed by atoms with van der Waals surface area (Å²) >= 11 is 0. The molecule has 0 fully saturated rings. The van der Waals surface area contributed by atoms with Crippen LogP contribution >= 0.6 is 15.6 Å². The number of aliphatic hydroxyl groups is 1. The Hall–Kier alpha value is -1.94. The number of aliphatic hydroxyl groups excluding tert-OH is 1. The van der Waals surface area contributed by atoms with Gasteiger partial charge in [-0.2, -0.15) is 0 Å². The molecule has 19 heteroatoms. The predicted molar refractivity (Wildman–Crippen MR) is 386 cm³/mol. The zero-order valence-corrected chi connectivity index (χ0v) is 63.4. The van der Waals surface area contributed by atoms with E-state index in [0.29, 0.717) is 25.7 Å². The van der Waals surface area contributed by atoms with Gasteiger partial charge in [-0.3, -0.25) is 37.3 Å². The van der Waals surface area contributed by atoms with Crippen molar-refractivity contribution in [1.82, 2.24) is 0 Å². The highest BCUT2D eigenvalue weighted by Crippen LogP contribution is 2.45. The normalized spacial score (nSPS) is 13.9. The number of hydrogen-bond acceptors (Lipinski definition) is 15. The maximum absolute atomic E-state index is 13.1. The Morgan fingerprint density at radius 3 is 0.621 bits per heavy atom. The van der Waals surface area contributed by atoms with E-state index < -0.39 is 97.5 Å². The van der Waals surface area contributed by atoms with Gasteiger partial charge in [0.05, 0.1) is 26.4 Å². The van der Waals surface area contributed by atoms with Crippen LogP contribution in [0.2, 0.25) is 0 Å². The lowest BCUT2D eigenvalue weighted by molar-refractivity contribution is -0.161. The van der Waals surface area contributed by atoms with Gasteiger partial charge in [0.1, 0.15) is 19.3 Å². The number of ether oxygens (including phenoxy) is 4. The summed E-state index contributed by atoms with van der Waals surface area (Å²) in [5, 5.41) is 10.6. The fraction of sp³-hybridized carbons (Fsp3) is 0.947. The zero-order valence-electron chi connectivity index (χ0n) is 61.6. The molecule has 2 unspecified atom stereocenters. The van der Waals surface area contributed by atoms with Crippen molar-refractivity contribution in [2.75, 3.05) is 39.6 Å². The zero-order chi connectivity index (χ0) is 69.7. The first-order chi connectivity index (χ1) is 46.2. The third-order valence-electron chi connectivity index (χ3n) is 17.9. The molecule has 0 radical (unpaired) electrons. The molecule has 0 aromatic heterocycles. The number of carbonyl (C=O) groups excluding carboxylic acids is 4. The Bertz CT molecular complexity index is 1810. The summed E-state index contributed by atoms with van der Waals surface area (Å²) in [6.07, 6.45) is 61.2. The minimum atomic E-state index is -4.96. The number of phosphoric ester groups is 2. The van der Waals surface area contributed by atoms with Gasteiger partial charge in [-0.1, -0.05) is 355 Å². The van der Waals surface area contributed by atoms with Crippen LogP contribution in [-0.2, 0) is 65.4 Å². The largest absolute Gasteiger partial charge is 0.472 e. The molecule has 3 N–H and O–H groups in total. The first kappa shape index (κ1) is 93.1. The second kappa shape index (κ2) is 70.5. The van der Waals surface area contributed by atoms with Crippen molar-refractivity contribution < 1.29 is 80.2 Å². The summed E-state index contributed by atoms with van der Waals surface area (Å²) in [4.78, 5) is 72.6. The second-order valence-electron chi connectivity index (χ2n) is 27.4. The van der Waals surface area contributed by atoms with E-state index in [1.165, 1.54) is 225 Å². The van der Waals surface area contributed by atoms with Crippen molar-refractivity contribution in [3.05, 3.63) is 0 Å². The van der Waals surface area contributed by atoms with Gasteiger partial charge in [-0.05, 0) is 25.7 Å². The van der Waals surface area contributed by atoms with Gasteiger partial charge in [-0.15, -0.1) is 0 Å². The van der Waals surface area contributed by atoms with Gasteiger partial charge >= 0.3 is 39.5 Å². The van der Waals surface area contributed by atoms with Crippen molar-refractivity contribution in [2.24, 2.45) is 0 Å². The van der Waals surface area contributed by atoms with Crippen LogP contribution < -0.4 is 0 Å². The molecule has 95 heavy (non-hydrogen) atoms. The number of hydrogen-bond donors (Lipinski definition) is 3. The lowest BCUT2D eigenvalue weighted by Crippen LogP contribution is -2.30. The molecule has 17 nitrogen and oxygen atoms in total. The first-order valence-electron chi connectivity index (χ1n) is 39.8. The van der Waals surface area contributed by atoms with Gasteiger partial charge in [0.2, 0.25) is 0 Å². The smallest absolute Gasteiger partial charge is 0.462 e. The maximum Gasteiger partial charge on any atom is 0.472 e. The van der Waals surface area contributed by atoms with E-state index in [0.717, 1.165) is 103 Å². The van der Waals surface area contributed by atoms with Crippen molar-refractivity contribution >= 4 is 39.5 Å². The lowest BCUT2D eigenvalue weighted by Gasteiger charge is -2.21. The quantitative estimate of drug-likeness (QED) is 0.0222. The average Bonchev–Trinajstić information content (AvgIpc) is 1.64. The van der Waals surface area contributed by atoms with Crippen LogP contribution in [-0.4, -0.2) is 96.7 Å². The molecule has 5 atom stereocenters. The second-order valence-corrected chi connectivity index (χ2v) is 30.3. The minimum Gasteiger partial charge on any atom is -0.462 e. The fourth-order valence-corrected chi connectivity index (χ4v) is 13.3. The van der Waals surface area contributed by atoms with Crippen molar-refractivity contribution in [1.29, 1.82) is 0 Å². The molecule has 0 rings (SSSR count). The number of phosphoric acid groups is 2. The lowest BCUT2D eigenvalue weighted by atomic mass is 10.0. The van der Waals surface area contributed by atoms with Crippen LogP contribution in [0, 0.1) is 0 Å². The SMILES string of the molecule is CCCCCCCCCCCCCCCCCCCCCCC(=O)O[C@H](COC(=O)CCCCCCCCCCCCCCCCCCC)COP(=O)(O)OC[C@@H](O)COP(=O)(O)OC[C@@H](COC(=O)CCCCCCCCC)OC(=O)CCCCCCCCCCCCC. The third kappa shape index (κ3) is 70.3. The maximum atomic E-state index is 13.1. The molecule has 0 aromatic rings. The molecule has 564 valence electrons. The molecule has 0 saturated heterocycles. The van der Waals surface area contributed by atoms with Crippen molar-refractivity contribution in [2.45, 2.75) is 425 Å². The van der Waals surface area contributed by atoms with Crippen LogP contribution in [0.15, 0.2) is 0 Å². The third-order valence-corrected chi connectivity index (χ3v) is 19.8. The van der Waals surface area contributed by atoms with Crippen molar-refractivity contribution in [3.63, 3.8) is 0 Å². The van der Waals surface area contributed by atoms with Crippen LogP contribution in [0.3, 0.4) is 0 Å². The predicted octanol–water partition coefficient (Wildman–Crippen LogP) is 22.6. The van der Waals surface area contributed by atoms with Crippen LogP contribution in [0.5, 0.6) is 0 Å². The molecule has 0 aromatic carbocycles. The number of unbranched alkanes of at least 4 members (excludes halogenated alkanes) is 51. The molecule has 0 amide bonds. The Morgan fingerprint density at radius 2 is 0.421 bits per heavy atom. The number of carbonyl (C=O) groups is 4. The summed E-state index contributed by atoms with van der Waals surface area (Å²) < 4.78 is 68.4. The number of esters is 4. The fourth-order valence-electron chi connectivity index (χ4n) is 11.8. The monoisotopic (exact) mass is 1400 g/mol. The highest BCUT2D eigenvalue weighted by atomic mass is 31.2. The highest BCUT2D eigenvalue weighted by Gasteiger charge is 2.30. The van der Waals surface area contributed by atoms with Gasteiger partial charge in [-0.25, -0.2) is 9.13 Å². The van der Waals surface area contributed by atoms with Gasteiger partial charge in [0.25, 0.3) is 0 Å². The molecule has 0 heterocycles. The van der Waals surface area contributed by atoms with Crippen LogP contribution in [0.4, 0.5) is 0 Å². The molecule has 0 spiro atoms. The summed E-state index contributed by atoms with van der Waals surface area (Å²) in [5.74, 6) is -2.12. The number of rotatable bonds is 77. The Kier molecular flexibility index (Phi) is 69.1. The Balaban J connectivity index is 5.16. The van der Waals surface area contributed by atoms with Crippen LogP contribution in [0.25, 0.3) is 0 Å². The topological polar surface area (TPSA) is 237 Å². The summed E-state index contributed by atoms with van der Waals surface area (Å²) in [6.45, 7) is 4.94. The van der Waals surface area contributed by atoms with E-state index in [1.54, 1.807) is 0 Å². The van der Waals surface area contributed by atoms with Gasteiger partial charge in [0, 0.05) is 25.7 Å². The van der Waals surface area contributed by atoms with Crippen molar-refractivity contribution in [3.8, 4) is 0 Å². The van der Waals surface area contributed by atoms with Crippen LogP contribution in [0.1, 0.15) is 407 Å². The van der Waals surface area contributed by atoms with E-state index in [1.807, 2.05) is 0 Å². The molecular formula is C76H148O17P2. The molecule has 0 aliphatic rings. The van der Waals surface area contributed by atoms with E-state index in [-0.39, 0.29) is 25.7 Å². The van der Waals surface area contributed by atoms with Gasteiger partial charge < -0.3 is 33.8 Å². The molecular weight excluding hydrogens is 1250 g/mol. The molecule has 0 aliphatic carbocycles. The Labute approximate surface area is 581 Å². The summed E-state index contributed by atoms with van der Waals surface area (Å²) in [7, 11) is -9.90. The first-order valence-corrected chi connectivity index (χ1v) is 42.8. The van der Waals surface area contributed by atoms with E-state index >= 15 is 0 Å². The van der Waals surface area contributed by atoms with E-state index in [9.17, 15) is 43.2 Å². The molecule has 0 saturated carbocycles. The standard InChI is InChI=1S/C76H148O17P2/c1-5-9-13-17-21-24-27-29-31-33-34-35-37-39-41-44-47-51-55-59-63-76(81)93-72(67-87-74(79)61-57-53-49-45-43-40-38-36-32-30-28-25-22-18-14-10-6-2)69-91-95(84,85)89-65-70(77)64-88-94(82,83)90-68-71(66-86-73(78)60-56-52-48-20-16-12-8-4)92-75(80)62-58-54-50-46-42-26-23-19-15-11-7-3/h70-72,77H,5-69H2,1-4H3,(H,82,83)(H,84,85)/t70-,71+,72+/m0/s1. The average molecular weight is 1400 g/mol. The summed E-state index contributed by atoms with van der Waals surface area (Å²) in [5.41, 5.74) is 0. The summed E-state index contributed by atoms with van der Waals surface area (Å²) in [6, 6.07) is 0. The van der Waals surface area contributed by atoms with E-state index in [4.69, 9.17) is 37.0 Å². The minimum absolute atomic E-state index is 0.107. The molecule has 0 aliphatic heterocycles. The Morgan fingerprint density at radius 1 is 0.253 bits per heavy atom. The van der Waals surface area contributed by atoms with E-state index in [2.05, 4.69) is 27.7 Å². The van der Waals surface area contributed by atoms with Gasteiger partial charge in [0.15, 0.2) is 12.2 Å². The molecule has 0 bridgehead atoms.